The van der Waals surface area contributed by atoms with Gasteiger partial charge in [0.25, 0.3) is 0 Å². The topological polar surface area (TPSA) is 57.5 Å². The third-order valence-corrected chi connectivity index (χ3v) is 3.21. The summed E-state index contributed by atoms with van der Waals surface area (Å²) in [4.78, 5) is 13.9. The van der Waals surface area contributed by atoms with Crippen LogP contribution in [0.1, 0.15) is 11.8 Å². The molecule has 5 nitrogen and oxygen atoms in total. The highest BCUT2D eigenvalue weighted by molar-refractivity contribution is 5.80. The van der Waals surface area contributed by atoms with Crippen molar-refractivity contribution >= 4 is 11.6 Å². The molecule has 1 aromatic heterocycles. The van der Waals surface area contributed by atoms with Gasteiger partial charge in [0.1, 0.15) is 5.76 Å². The van der Waals surface area contributed by atoms with Crippen LogP contribution in [0.4, 0.5) is 5.69 Å². The number of amides is 1. The standard InChI is InChI=1S/C16H21N3O2/c1-19(2)14(15-9-6-10-21-15)11-18-16(20)12-17-13-7-4-3-5-8-13/h3-10,14,17H,11-12H2,1-2H3,(H,18,20). The van der Waals surface area contributed by atoms with Crippen LogP contribution in [-0.2, 0) is 4.79 Å². The summed E-state index contributed by atoms with van der Waals surface area (Å²) >= 11 is 0. The number of rotatable bonds is 7. The molecule has 0 aliphatic carbocycles. The number of anilines is 1. The summed E-state index contributed by atoms with van der Waals surface area (Å²) in [6, 6.07) is 13.5. The van der Waals surface area contributed by atoms with Gasteiger partial charge in [-0.05, 0) is 38.4 Å². The second-order valence-corrected chi connectivity index (χ2v) is 5.02. The summed E-state index contributed by atoms with van der Waals surface area (Å²) < 4.78 is 5.41. The lowest BCUT2D eigenvalue weighted by molar-refractivity contribution is -0.119. The van der Waals surface area contributed by atoms with Gasteiger partial charge in [-0.25, -0.2) is 0 Å². The highest BCUT2D eigenvalue weighted by Gasteiger charge is 2.17. The Morgan fingerprint density at radius 1 is 1.19 bits per heavy atom. The van der Waals surface area contributed by atoms with Gasteiger partial charge in [0.15, 0.2) is 0 Å². The minimum atomic E-state index is -0.0442. The molecule has 0 saturated heterocycles. The van der Waals surface area contributed by atoms with Gasteiger partial charge >= 0.3 is 0 Å². The fourth-order valence-electron chi connectivity index (χ4n) is 2.03. The van der Waals surface area contributed by atoms with Crippen LogP contribution in [0.2, 0.25) is 0 Å². The van der Waals surface area contributed by atoms with Crippen molar-refractivity contribution in [3.63, 3.8) is 0 Å². The van der Waals surface area contributed by atoms with Crippen LogP contribution in [0, 0.1) is 0 Å². The lowest BCUT2D eigenvalue weighted by Gasteiger charge is -2.22. The summed E-state index contributed by atoms with van der Waals surface area (Å²) in [6.45, 7) is 0.762. The third-order valence-electron chi connectivity index (χ3n) is 3.21. The first-order valence-electron chi connectivity index (χ1n) is 6.92. The zero-order valence-corrected chi connectivity index (χ0v) is 12.4. The zero-order valence-electron chi connectivity index (χ0n) is 12.4. The van der Waals surface area contributed by atoms with Crippen molar-refractivity contribution in [3.8, 4) is 0 Å². The smallest absolute Gasteiger partial charge is 0.239 e. The van der Waals surface area contributed by atoms with E-state index in [0.717, 1.165) is 11.4 Å². The van der Waals surface area contributed by atoms with E-state index in [4.69, 9.17) is 4.42 Å². The number of nitrogens with zero attached hydrogens (tertiary/aromatic N) is 1. The molecule has 2 aromatic rings. The molecule has 0 radical (unpaired) electrons. The molecule has 5 heteroatoms. The van der Waals surface area contributed by atoms with Crippen LogP contribution in [-0.4, -0.2) is 38.0 Å². The molecule has 21 heavy (non-hydrogen) atoms. The number of furan rings is 1. The summed E-state index contributed by atoms with van der Waals surface area (Å²) in [6.07, 6.45) is 1.64. The fraction of sp³-hybridized carbons (Fsp3) is 0.312. The van der Waals surface area contributed by atoms with E-state index in [-0.39, 0.29) is 18.5 Å². The molecule has 1 atom stereocenters. The van der Waals surface area contributed by atoms with Crippen LogP contribution >= 0.6 is 0 Å². The van der Waals surface area contributed by atoms with Crippen molar-refractivity contribution in [1.82, 2.24) is 10.2 Å². The predicted octanol–water partition coefficient (Wildman–Crippen LogP) is 2.11. The summed E-state index contributed by atoms with van der Waals surface area (Å²) in [7, 11) is 3.92. The first kappa shape index (κ1) is 15.1. The lowest BCUT2D eigenvalue weighted by Crippen LogP contribution is -2.37. The molecule has 0 aliphatic heterocycles. The van der Waals surface area contributed by atoms with Crippen molar-refractivity contribution < 1.29 is 9.21 Å². The van der Waals surface area contributed by atoms with Crippen LogP contribution in [0.25, 0.3) is 0 Å². The average molecular weight is 287 g/mol. The monoisotopic (exact) mass is 287 g/mol. The maximum absolute atomic E-state index is 11.9. The molecule has 1 unspecified atom stereocenters. The lowest BCUT2D eigenvalue weighted by atomic mass is 10.2. The van der Waals surface area contributed by atoms with E-state index in [9.17, 15) is 4.79 Å². The summed E-state index contributed by atoms with van der Waals surface area (Å²) in [5.74, 6) is 0.800. The SMILES string of the molecule is CN(C)C(CNC(=O)CNc1ccccc1)c1ccco1. The Morgan fingerprint density at radius 3 is 2.57 bits per heavy atom. The number of hydrogen-bond acceptors (Lipinski definition) is 4. The second kappa shape index (κ2) is 7.50. The van der Waals surface area contributed by atoms with Crippen LogP contribution in [0.5, 0.6) is 0 Å². The van der Waals surface area contributed by atoms with E-state index in [1.165, 1.54) is 0 Å². The second-order valence-electron chi connectivity index (χ2n) is 5.02. The number of nitrogens with one attached hydrogen (secondary N) is 2. The molecular weight excluding hydrogens is 266 g/mol. The fourth-order valence-corrected chi connectivity index (χ4v) is 2.03. The van der Waals surface area contributed by atoms with Crippen molar-refractivity contribution in [3.05, 3.63) is 54.5 Å². The first-order valence-corrected chi connectivity index (χ1v) is 6.92. The van der Waals surface area contributed by atoms with Gasteiger partial charge in [0, 0.05) is 12.2 Å². The number of para-hydroxylation sites is 1. The number of carbonyl (C=O) groups excluding carboxylic acids is 1. The summed E-state index contributed by atoms with van der Waals surface area (Å²) in [5.41, 5.74) is 0.933. The highest BCUT2D eigenvalue weighted by Crippen LogP contribution is 2.17. The molecule has 1 amide bonds. The average Bonchev–Trinajstić information content (AvgIpc) is 3.00. The van der Waals surface area contributed by atoms with Gasteiger partial charge < -0.3 is 15.1 Å². The molecule has 0 bridgehead atoms. The van der Waals surface area contributed by atoms with E-state index in [1.807, 2.05) is 61.5 Å². The van der Waals surface area contributed by atoms with E-state index < -0.39 is 0 Å². The maximum Gasteiger partial charge on any atom is 0.239 e. The maximum atomic E-state index is 11.9. The quantitative estimate of drug-likeness (QED) is 0.819. The van der Waals surface area contributed by atoms with Gasteiger partial charge in [-0.2, -0.15) is 0 Å². The molecule has 0 spiro atoms. The zero-order chi connectivity index (χ0) is 15.1. The molecule has 1 aromatic carbocycles. The van der Waals surface area contributed by atoms with Crippen LogP contribution < -0.4 is 10.6 Å². The van der Waals surface area contributed by atoms with Gasteiger partial charge in [-0.15, -0.1) is 0 Å². The normalized spacial score (nSPS) is 12.1. The molecule has 1 heterocycles. The molecule has 112 valence electrons. The van der Waals surface area contributed by atoms with Crippen molar-refractivity contribution in [1.29, 1.82) is 0 Å². The van der Waals surface area contributed by atoms with E-state index in [2.05, 4.69) is 10.6 Å². The van der Waals surface area contributed by atoms with Crippen molar-refractivity contribution in [2.45, 2.75) is 6.04 Å². The minimum Gasteiger partial charge on any atom is -0.468 e. The molecule has 0 aliphatic rings. The van der Waals surface area contributed by atoms with E-state index in [1.54, 1.807) is 6.26 Å². The molecule has 2 rings (SSSR count). The van der Waals surface area contributed by atoms with Gasteiger partial charge in [0.05, 0.1) is 18.8 Å². The molecule has 2 N–H and O–H groups in total. The Bertz CT molecular complexity index is 538. The Morgan fingerprint density at radius 2 is 1.95 bits per heavy atom. The van der Waals surface area contributed by atoms with Gasteiger partial charge in [0.2, 0.25) is 5.91 Å². The Hall–Kier alpha value is -2.27. The first-order chi connectivity index (χ1) is 10.2. The van der Waals surface area contributed by atoms with Crippen LogP contribution in [0.3, 0.4) is 0 Å². The van der Waals surface area contributed by atoms with Gasteiger partial charge in [-0.3, -0.25) is 9.69 Å². The molecular formula is C16H21N3O2. The van der Waals surface area contributed by atoms with Gasteiger partial charge in [-0.1, -0.05) is 18.2 Å². The Labute approximate surface area is 124 Å². The molecule has 0 saturated carbocycles. The van der Waals surface area contributed by atoms with E-state index in [0.29, 0.717) is 6.54 Å². The number of hydrogen-bond donors (Lipinski definition) is 2. The summed E-state index contributed by atoms with van der Waals surface area (Å²) in [5, 5.41) is 6.00. The number of likely N-dealkylation sites (N-methyl/N-ethyl adjacent to an activating group) is 1. The number of carbonyl (C=O) groups is 1. The largest absolute Gasteiger partial charge is 0.468 e. The van der Waals surface area contributed by atoms with Crippen LogP contribution in [0.15, 0.2) is 53.1 Å². The third kappa shape index (κ3) is 4.65. The minimum absolute atomic E-state index is 0.0284. The predicted molar refractivity (Wildman–Crippen MR) is 83.1 cm³/mol. The van der Waals surface area contributed by atoms with E-state index >= 15 is 0 Å². The Kier molecular flexibility index (Phi) is 5.40. The number of benzene rings is 1. The van der Waals surface area contributed by atoms with Crippen molar-refractivity contribution in [2.75, 3.05) is 32.5 Å². The Balaban J connectivity index is 1.80. The van der Waals surface area contributed by atoms with Crippen molar-refractivity contribution in [2.24, 2.45) is 0 Å². The highest BCUT2D eigenvalue weighted by atomic mass is 16.3. The molecule has 0 fully saturated rings.